The molecule has 1 aromatic heterocycles. The summed E-state index contributed by atoms with van der Waals surface area (Å²) in [5, 5.41) is 89.7. The number of ether oxygens (including phenoxy) is 4. The fraction of sp³-hybridized carbons (Fsp3) is 0.423. The first kappa shape index (κ1) is 29.0. The Hall–Kier alpha value is -3.51. The number of rotatable bonds is 7. The summed E-state index contributed by atoms with van der Waals surface area (Å²) in [6, 6.07) is 7.52. The van der Waals surface area contributed by atoms with Gasteiger partial charge in [-0.15, -0.1) is 0 Å². The molecular weight excluding hydrogens is 552 g/mol. The van der Waals surface area contributed by atoms with Gasteiger partial charge in [0, 0.05) is 17.7 Å². The molecule has 15 nitrogen and oxygen atoms in total. The second-order valence-corrected chi connectivity index (χ2v) is 9.59. The summed E-state index contributed by atoms with van der Waals surface area (Å²) in [7, 11) is 0. The number of hydrogen-bond acceptors (Lipinski definition) is 15. The van der Waals surface area contributed by atoms with Crippen LogP contribution in [0.4, 0.5) is 0 Å². The predicted molar refractivity (Wildman–Crippen MR) is 134 cm³/mol. The third-order valence-electron chi connectivity index (χ3n) is 6.87. The highest BCUT2D eigenvalue weighted by atomic mass is 16.7. The Kier molecular flexibility index (Phi) is 8.06. The molecule has 3 aromatic rings. The quantitative estimate of drug-likeness (QED) is 0.145. The lowest BCUT2D eigenvalue weighted by Crippen LogP contribution is -2.60. The zero-order chi connectivity index (χ0) is 29.6. The molecule has 9 atom stereocenters. The molecule has 9 N–H and O–H groups in total. The topological polar surface area (TPSA) is 249 Å². The van der Waals surface area contributed by atoms with E-state index in [2.05, 4.69) is 0 Å². The molecule has 2 fully saturated rings. The lowest BCUT2D eigenvalue weighted by molar-refractivity contribution is -0.277. The highest BCUT2D eigenvalue weighted by molar-refractivity contribution is 5.88. The van der Waals surface area contributed by atoms with Crippen molar-refractivity contribution < 1.29 is 69.3 Å². The lowest BCUT2D eigenvalue weighted by atomic mass is 9.99. The smallest absolute Gasteiger partial charge is 0.239 e. The molecule has 2 saturated heterocycles. The maximum atomic E-state index is 13.7. The van der Waals surface area contributed by atoms with Crippen LogP contribution >= 0.6 is 0 Å². The summed E-state index contributed by atoms with van der Waals surface area (Å²) in [6.45, 7) is -1.34. The Morgan fingerprint density at radius 3 is 1.90 bits per heavy atom. The Morgan fingerprint density at radius 2 is 1.29 bits per heavy atom. The Labute approximate surface area is 230 Å². The first-order chi connectivity index (χ1) is 19.5. The van der Waals surface area contributed by atoms with Gasteiger partial charge in [0.05, 0.1) is 13.2 Å². The van der Waals surface area contributed by atoms with Crippen molar-refractivity contribution >= 4 is 11.0 Å². The number of fused-ring (bicyclic) bond motifs is 1. The minimum atomic E-state index is -1.86. The summed E-state index contributed by atoms with van der Waals surface area (Å²) in [5.41, 5.74) is -1.00. The van der Waals surface area contributed by atoms with Crippen LogP contribution in [-0.4, -0.2) is 114 Å². The molecule has 41 heavy (non-hydrogen) atoms. The fourth-order valence-electron chi connectivity index (χ4n) is 4.61. The van der Waals surface area contributed by atoms with Crippen molar-refractivity contribution in [1.82, 2.24) is 0 Å². The van der Waals surface area contributed by atoms with Gasteiger partial charge in [-0.1, -0.05) is 0 Å². The molecule has 0 radical (unpaired) electrons. The third-order valence-corrected chi connectivity index (χ3v) is 6.87. The molecule has 222 valence electrons. The van der Waals surface area contributed by atoms with E-state index in [1.54, 1.807) is 0 Å². The molecule has 2 aliphatic heterocycles. The minimum Gasteiger partial charge on any atom is -0.508 e. The van der Waals surface area contributed by atoms with Gasteiger partial charge in [-0.2, -0.15) is 0 Å². The van der Waals surface area contributed by atoms with Crippen molar-refractivity contribution in [2.24, 2.45) is 0 Å². The van der Waals surface area contributed by atoms with Crippen LogP contribution in [0.1, 0.15) is 0 Å². The van der Waals surface area contributed by atoms with Gasteiger partial charge < -0.3 is 69.3 Å². The van der Waals surface area contributed by atoms with E-state index in [1.807, 2.05) is 0 Å². The summed E-state index contributed by atoms with van der Waals surface area (Å²) >= 11 is 0. The highest BCUT2D eigenvalue weighted by Gasteiger charge is 2.46. The van der Waals surface area contributed by atoms with E-state index in [9.17, 15) is 50.8 Å². The first-order valence-electron chi connectivity index (χ1n) is 12.4. The summed E-state index contributed by atoms with van der Waals surface area (Å²) in [4.78, 5) is 13.7. The molecule has 0 spiro atoms. The van der Waals surface area contributed by atoms with Crippen molar-refractivity contribution in [3.05, 3.63) is 46.6 Å². The number of phenolic OH excluding ortho intramolecular Hbond substituents is 2. The number of aromatic hydroxyl groups is 2. The van der Waals surface area contributed by atoms with Gasteiger partial charge in [0.2, 0.25) is 23.8 Å². The standard InChI is InChI=1S/C26H28O15/c27-7-14-17(31)20(34)22(36)26(40-14)41-24-19(33)16-12(30)5-11(37-25-21(35)18(32)15(8-28)39-25)6-13(16)38-23(24)9-1-3-10(29)4-2-9/h1-6,14-15,17-18,20-22,25-32,34-36H,7-8H2/t14-,15+,17-,18+,20+,21-,22-,25-,26+/m1/s1. The van der Waals surface area contributed by atoms with Crippen molar-refractivity contribution in [3.8, 4) is 34.3 Å². The van der Waals surface area contributed by atoms with E-state index in [1.165, 1.54) is 30.3 Å². The number of aliphatic hydroxyl groups excluding tert-OH is 7. The van der Waals surface area contributed by atoms with E-state index in [0.717, 1.165) is 6.07 Å². The SMILES string of the molecule is O=c1c(O[C@@H]2O[C@H](CO)[C@@H](O)[C@H](O)[C@H]2O)c(-c2ccc(O)cc2)oc2cc(O[C@@H]3O[C@@H](CO)[C@H](O)[C@H]3O)cc(O)c12. The van der Waals surface area contributed by atoms with Crippen molar-refractivity contribution in [2.45, 2.75) is 55.3 Å². The largest absolute Gasteiger partial charge is 0.508 e. The van der Waals surface area contributed by atoms with Crippen molar-refractivity contribution in [3.63, 3.8) is 0 Å². The van der Waals surface area contributed by atoms with Crippen molar-refractivity contribution in [2.75, 3.05) is 13.2 Å². The Bertz CT molecular complexity index is 1440. The maximum absolute atomic E-state index is 13.7. The van der Waals surface area contributed by atoms with Gasteiger partial charge in [0.15, 0.2) is 5.76 Å². The second-order valence-electron chi connectivity index (χ2n) is 9.59. The molecule has 0 aliphatic carbocycles. The highest BCUT2D eigenvalue weighted by Crippen LogP contribution is 2.38. The zero-order valence-electron chi connectivity index (χ0n) is 21.0. The van der Waals surface area contributed by atoms with Gasteiger partial charge in [-0.3, -0.25) is 4.79 Å². The van der Waals surface area contributed by atoms with Crippen LogP contribution in [-0.2, 0) is 9.47 Å². The fourth-order valence-corrected chi connectivity index (χ4v) is 4.61. The van der Waals surface area contributed by atoms with Crippen LogP contribution in [0.5, 0.6) is 23.0 Å². The average molecular weight is 580 g/mol. The molecule has 0 saturated carbocycles. The predicted octanol–water partition coefficient (Wildman–Crippen LogP) is -2.13. The average Bonchev–Trinajstić information content (AvgIpc) is 3.22. The van der Waals surface area contributed by atoms with Gasteiger partial charge >= 0.3 is 0 Å². The van der Waals surface area contributed by atoms with Crippen LogP contribution < -0.4 is 14.9 Å². The lowest BCUT2D eigenvalue weighted by Gasteiger charge is -2.39. The number of aliphatic hydroxyl groups is 7. The first-order valence-corrected chi connectivity index (χ1v) is 12.4. The third kappa shape index (κ3) is 5.30. The van der Waals surface area contributed by atoms with E-state index in [-0.39, 0.29) is 28.4 Å². The Balaban J connectivity index is 1.58. The molecule has 0 bridgehead atoms. The van der Waals surface area contributed by atoms with E-state index < -0.39 is 90.8 Å². The van der Waals surface area contributed by atoms with E-state index >= 15 is 0 Å². The monoisotopic (exact) mass is 580 g/mol. The van der Waals surface area contributed by atoms with Crippen molar-refractivity contribution in [1.29, 1.82) is 0 Å². The number of hydrogen-bond donors (Lipinski definition) is 9. The van der Waals surface area contributed by atoms with Crippen LogP contribution in [0, 0.1) is 0 Å². The molecule has 3 heterocycles. The normalized spacial score (nSPS) is 31.8. The van der Waals surface area contributed by atoms with E-state index in [0.29, 0.717) is 0 Å². The van der Waals surface area contributed by atoms with Gasteiger partial charge in [0.1, 0.15) is 70.9 Å². The molecule has 0 unspecified atom stereocenters. The van der Waals surface area contributed by atoms with Crippen LogP contribution in [0.3, 0.4) is 0 Å². The maximum Gasteiger partial charge on any atom is 0.239 e. The molecule has 2 aromatic carbocycles. The minimum absolute atomic E-state index is 0.111. The van der Waals surface area contributed by atoms with E-state index in [4.69, 9.17) is 23.4 Å². The Morgan fingerprint density at radius 1 is 0.732 bits per heavy atom. The molecule has 2 aliphatic rings. The summed E-state index contributed by atoms with van der Waals surface area (Å²) < 4.78 is 27.7. The molecule has 5 rings (SSSR count). The molecular formula is C26H28O15. The number of benzene rings is 2. The molecule has 15 heteroatoms. The number of phenols is 2. The van der Waals surface area contributed by atoms with Gasteiger partial charge in [0.25, 0.3) is 0 Å². The summed E-state index contributed by atoms with van der Waals surface area (Å²) in [5.74, 6) is -1.76. The van der Waals surface area contributed by atoms with Crippen LogP contribution in [0.2, 0.25) is 0 Å². The zero-order valence-corrected chi connectivity index (χ0v) is 21.0. The molecule has 0 amide bonds. The second kappa shape index (κ2) is 11.4. The van der Waals surface area contributed by atoms with Crippen LogP contribution in [0.15, 0.2) is 45.6 Å². The van der Waals surface area contributed by atoms with Gasteiger partial charge in [-0.05, 0) is 24.3 Å². The van der Waals surface area contributed by atoms with Crippen LogP contribution in [0.25, 0.3) is 22.3 Å². The summed E-state index contributed by atoms with van der Waals surface area (Å²) in [6.07, 6.45) is -14.0. The van der Waals surface area contributed by atoms with Gasteiger partial charge in [-0.25, -0.2) is 0 Å².